The molecule has 0 atom stereocenters. The molecule has 0 fully saturated rings. The highest BCUT2D eigenvalue weighted by Gasteiger charge is 2.01. The molecule has 2 aromatic rings. The Morgan fingerprint density at radius 3 is 2.69 bits per heavy atom. The fourth-order valence-electron chi connectivity index (χ4n) is 1.38. The quantitative estimate of drug-likeness (QED) is 0.774. The van der Waals surface area contributed by atoms with Crippen molar-refractivity contribution < 1.29 is 0 Å². The predicted molar refractivity (Wildman–Crippen MR) is 69.1 cm³/mol. The number of halogens is 1. The Kier molecular flexibility index (Phi) is 3.91. The Labute approximate surface area is 105 Å². The molecule has 0 N–H and O–H groups in total. The van der Waals surface area contributed by atoms with Crippen molar-refractivity contribution in [1.29, 1.82) is 0 Å². The molecule has 0 saturated carbocycles. The summed E-state index contributed by atoms with van der Waals surface area (Å²) in [5.74, 6) is 1.00. The fourth-order valence-corrected chi connectivity index (χ4v) is 2.40. The third-order valence-electron chi connectivity index (χ3n) is 2.22. The molecule has 0 aliphatic heterocycles. The van der Waals surface area contributed by atoms with Gasteiger partial charge < -0.3 is 0 Å². The van der Waals surface area contributed by atoms with Gasteiger partial charge in [-0.25, -0.2) is 0 Å². The van der Waals surface area contributed by atoms with Crippen molar-refractivity contribution in [3.8, 4) is 0 Å². The molecule has 2 nitrogen and oxygen atoms in total. The van der Waals surface area contributed by atoms with Gasteiger partial charge in [-0.05, 0) is 19.1 Å². The minimum absolute atomic E-state index is 0.740. The number of hydrogen-bond donors (Lipinski definition) is 0. The molecule has 0 spiro atoms. The molecule has 16 heavy (non-hydrogen) atoms. The zero-order valence-corrected chi connectivity index (χ0v) is 10.6. The van der Waals surface area contributed by atoms with Crippen LogP contribution in [0.1, 0.15) is 5.69 Å². The molecule has 0 saturated heterocycles. The summed E-state index contributed by atoms with van der Waals surface area (Å²) < 4.78 is 1.90. The Morgan fingerprint density at radius 1 is 1.31 bits per heavy atom. The molecule has 1 heterocycles. The highest BCUT2D eigenvalue weighted by atomic mass is 35.5. The minimum atomic E-state index is 0.740. The summed E-state index contributed by atoms with van der Waals surface area (Å²) in [4.78, 5) is 1.29. The highest BCUT2D eigenvalue weighted by Crippen LogP contribution is 2.18. The SMILES string of the molecule is Cc1nn(CCSc2ccccc2)cc1Cl. The van der Waals surface area contributed by atoms with Crippen LogP contribution in [-0.2, 0) is 6.54 Å². The van der Waals surface area contributed by atoms with Gasteiger partial charge in [0.2, 0.25) is 0 Å². The summed E-state index contributed by atoms with van der Waals surface area (Å²) in [6, 6.07) is 10.4. The Balaban J connectivity index is 1.84. The van der Waals surface area contributed by atoms with Gasteiger partial charge in [0.15, 0.2) is 0 Å². The Hall–Kier alpha value is -0.930. The summed E-state index contributed by atoms with van der Waals surface area (Å²) in [6.07, 6.45) is 1.88. The van der Waals surface area contributed by atoms with Gasteiger partial charge in [0.1, 0.15) is 0 Å². The molecule has 0 aliphatic carbocycles. The largest absolute Gasteiger partial charge is 0.270 e. The van der Waals surface area contributed by atoms with Crippen LogP contribution in [0.25, 0.3) is 0 Å². The van der Waals surface area contributed by atoms with Crippen molar-refractivity contribution in [1.82, 2.24) is 9.78 Å². The predicted octanol–water partition coefficient (Wildman–Crippen LogP) is 3.64. The van der Waals surface area contributed by atoms with E-state index in [-0.39, 0.29) is 0 Å². The minimum Gasteiger partial charge on any atom is -0.270 e. The molecule has 4 heteroatoms. The summed E-state index contributed by atoms with van der Waals surface area (Å²) in [5.41, 5.74) is 0.895. The molecular formula is C12H13ClN2S. The third kappa shape index (κ3) is 3.03. The number of rotatable bonds is 4. The van der Waals surface area contributed by atoms with Gasteiger partial charge in [-0.15, -0.1) is 11.8 Å². The van der Waals surface area contributed by atoms with Gasteiger partial charge in [0.25, 0.3) is 0 Å². The van der Waals surface area contributed by atoms with Gasteiger partial charge in [0, 0.05) is 16.8 Å². The second-order valence-electron chi connectivity index (χ2n) is 3.49. The smallest absolute Gasteiger partial charge is 0.0814 e. The number of benzene rings is 1. The first-order chi connectivity index (χ1) is 7.75. The Morgan fingerprint density at radius 2 is 2.06 bits per heavy atom. The topological polar surface area (TPSA) is 17.8 Å². The van der Waals surface area contributed by atoms with E-state index in [1.54, 1.807) is 0 Å². The van der Waals surface area contributed by atoms with Crippen molar-refractivity contribution in [3.05, 3.63) is 47.2 Å². The van der Waals surface area contributed by atoms with Crippen LogP contribution < -0.4 is 0 Å². The first kappa shape index (κ1) is 11.6. The number of aromatic nitrogens is 2. The standard InChI is InChI=1S/C12H13ClN2S/c1-10-12(13)9-15(14-10)7-8-16-11-5-3-2-4-6-11/h2-6,9H,7-8H2,1H3. The van der Waals surface area contributed by atoms with Crippen LogP contribution in [-0.4, -0.2) is 15.5 Å². The maximum atomic E-state index is 5.94. The van der Waals surface area contributed by atoms with Crippen LogP contribution in [0.5, 0.6) is 0 Å². The van der Waals surface area contributed by atoms with Crippen molar-refractivity contribution in [2.24, 2.45) is 0 Å². The Bertz CT molecular complexity index is 434. The van der Waals surface area contributed by atoms with Gasteiger partial charge in [-0.2, -0.15) is 5.10 Å². The van der Waals surface area contributed by atoms with Crippen LogP contribution in [0.4, 0.5) is 0 Å². The van der Waals surface area contributed by atoms with Crippen molar-refractivity contribution in [3.63, 3.8) is 0 Å². The normalized spacial score (nSPS) is 10.6. The van der Waals surface area contributed by atoms with E-state index >= 15 is 0 Å². The lowest BCUT2D eigenvalue weighted by Crippen LogP contribution is -2.00. The molecule has 1 aromatic heterocycles. The van der Waals surface area contributed by atoms with Crippen LogP contribution in [0, 0.1) is 6.92 Å². The van der Waals surface area contributed by atoms with E-state index in [4.69, 9.17) is 11.6 Å². The van der Waals surface area contributed by atoms with Crippen molar-refractivity contribution in [2.45, 2.75) is 18.4 Å². The molecule has 0 aliphatic rings. The number of hydrogen-bond acceptors (Lipinski definition) is 2. The van der Waals surface area contributed by atoms with Gasteiger partial charge >= 0.3 is 0 Å². The molecular weight excluding hydrogens is 240 g/mol. The van der Waals surface area contributed by atoms with Crippen molar-refractivity contribution in [2.75, 3.05) is 5.75 Å². The summed E-state index contributed by atoms with van der Waals surface area (Å²) in [7, 11) is 0. The molecule has 0 unspecified atom stereocenters. The molecule has 84 valence electrons. The highest BCUT2D eigenvalue weighted by molar-refractivity contribution is 7.99. The molecule has 0 radical (unpaired) electrons. The average molecular weight is 253 g/mol. The van der Waals surface area contributed by atoms with E-state index in [1.165, 1.54) is 4.90 Å². The number of thioether (sulfide) groups is 1. The fraction of sp³-hybridized carbons (Fsp3) is 0.250. The maximum Gasteiger partial charge on any atom is 0.0814 e. The first-order valence-electron chi connectivity index (χ1n) is 5.13. The van der Waals surface area contributed by atoms with Gasteiger partial charge in [-0.1, -0.05) is 29.8 Å². The van der Waals surface area contributed by atoms with E-state index in [2.05, 4.69) is 29.4 Å². The summed E-state index contributed by atoms with van der Waals surface area (Å²) in [6.45, 7) is 2.80. The zero-order valence-electron chi connectivity index (χ0n) is 9.06. The van der Waals surface area contributed by atoms with Crippen LogP contribution in [0.3, 0.4) is 0 Å². The first-order valence-corrected chi connectivity index (χ1v) is 6.49. The van der Waals surface area contributed by atoms with Gasteiger partial charge in [-0.3, -0.25) is 4.68 Å². The maximum absolute atomic E-state index is 5.94. The number of nitrogens with zero attached hydrogens (tertiary/aromatic N) is 2. The van der Waals surface area contributed by atoms with Crippen LogP contribution >= 0.6 is 23.4 Å². The summed E-state index contributed by atoms with van der Waals surface area (Å²) >= 11 is 7.76. The molecule has 2 rings (SSSR count). The van der Waals surface area contributed by atoms with E-state index < -0.39 is 0 Å². The van der Waals surface area contributed by atoms with E-state index in [1.807, 2.05) is 35.6 Å². The van der Waals surface area contributed by atoms with Crippen LogP contribution in [0.2, 0.25) is 5.02 Å². The van der Waals surface area contributed by atoms with E-state index in [0.29, 0.717) is 0 Å². The monoisotopic (exact) mass is 252 g/mol. The summed E-state index contributed by atoms with van der Waals surface area (Å²) in [5, 5.41) is 5.05. The third-order valence-corrected chi connectivity index (χ3v) is 3.58. The molecule has 0 bridgehead atoms. The van der Waals surface area contributed by atoms with E-state index in [9.17, 15) is 0 Å². The zero-order chi connectivity index (χ0) is 11.4. The second-order valence-corrected chi connectivity index (χ2v) is 5.06. The molecule has 0 amide bonds. The van der Waals surface area contributed by atoms with E-state index in [0.717, 1.165) is 23.0 Å². The number of aryl methyl sites for hydroxylation is 2. The lowest BCUT2D eigenvalue weighted by atomic mass is 10.4. The average Bonchev–Trinajstić information content (AvgIpc) is 2.60. The van der Waals surface area contributed by atoms with Gasteiger partial charge in [0.05, 0.1) is 17.3 Å². The molecule has 1 aromatic carbocycles. The second kappa shape index (κ2) is 5.41. The lowest BCUT2D eigenvalue weighted by Gasteiger charge is -2.01. The van der Waals surface area contributed by atoms with Crippen molar-refractivity contribution >= 4 is 23.4 Å². The lowest BCUT2D eigenvalue weighted by molar-refractivity contribution is 0.660. The van der Waals surface area contributed by atoms with Crippen LogP contribution in [0.15, 0.2) is 41.4 Å².